The SMILES string of the molecule is O=C(CSc1n[nH]c(=O)n1CCc1ccccc1)c1ccc(Cl)c(Cl)c1. The lowest BCUT2D eigenvalue weighted by Gasteiger charge is -2.06. The molecular weight excluding hydrogens is 393 g/mol. The topological polar surface area (TPSA) is 67.8 Å². The molecule has 2 aromatic carbocycles. The van der Waals surface area contributed by atoms with Crippen LogP contribution in [0.1, 0.15) is 15.9 Å². The van der Waals surface area contributed by atoms with Gasteiger partial charge < -0.3 is 0 Å². The van der Waals surface area contributed by atoms with E-state index in [0.717, 1.165) is 5.56 Å². The summed E-state index contributed by atoms with van der Waals surface area (Å²) < 4.78 is 1.54. The third kappa shape index (κ3) is 4.58. The first-order valence-corrected chi connectivity index (χ1v) is 9.59. The average Bonchev–Trinajstić information content (AvgIpc) is 3.01. The maximum absolute atomic E-state index is 12.3. The normalized spacial score (nSPS) is 10.8. The largest absolute Gasteiger partial charge is 0.343 e. The van der Waals surface area contributed by atoms with Crippen molar-refractivity contribution in [3.05, 3.63) is 80.2 Å². The molecule has 134 valence electrons. The first-order valence-electron chi connectivity index (χ1n) is 7.85. The number of hydrogen-bond donors (Lipinski definition) is 1. The molecule has 1 heterocycles. The van der Waals surface area contributed by atoms with Gasteiger partial charge in [-0.15, -0.1) is 5.10 Å². The van der Waals surface area contributed by atoms with Gasteiger partial charge in [0, 0.05) is 12.1 Å². The van der Waals surface area contributed by atoms with Gasteiger partial charge in [0.15, 0.2) is 10.9 Å². The molecule has 0 unspecified atom stereocenters. The van der Waals surface area contributed by atoms with E-state index in [2.05, 4.69) is 10.2 Å². The van der Waals surface area contributed by atoms with E-state index in [9.17, 15) is 9.59 Å². The van der Waals surface area contributed by atoms with E-state index < -0.39 is 0 Å². The maximum Gasteiger partial charge on any atom is 0.343 e. The number of rotatable bonds is 7. The molecule has 8 heteroatoms. The van der Waals surface area contributed by atoms with Crippen LogP contribution in [0.25, 0.3) is 0 Å². The lowest BCUT2D eigenvalue weighted by atomic mass is 10.1. The van der Waals surface area contributed by atoms with E-state index in [1.54, 1.807) is 22.8 Å². The minimum Gasteiger partial charge on any atom is -0.293 e. The van der Waals surface area contributed by atoms with Crippen LogP contribution in [-0.4, -0.2) is 26.3 Å². The first kappa shape index (κ1) is 18.8. The fourth-order valence-corrected chi connectivity index (χ4v) is 3.54. The molecule has 0 bridgehead atoms. The van der Waals surface area contributed by atoms with Crippen LogP contribution >= 0.6 is 35.0 Å². The van der Waals surface area contributed by atoms with Crippen LogP contribution in [0.5, 0.6) is 0 Å². The molecule has 0 saturated heterocycles. The van der Waals surface area contributed by atoms with E-state index in [1.807, 2.05) is 30.3 Å². The van der Waals surface area contributed by atoms with Crippen molar-refractivity contribution in [2.24, 2.45) is 0 Å². The molecule has 0 aliphatic rings. The first-order chi connectivity index (χ1) is 12.5. The number of halogens is 2. The van der Waals surface area contributed by atoms with Crippen molar-refractivity contribution in [2.45, 2.75) is 18.1 Å². The number of aromatic nitrogens is 3. The average molecular weight is 408 g/mol. The number of aromatic amines is 1. The van der Waals surface area contributed by atoms with Crippen LogP contribution in [-0.2, 0) is 13.0 Å². The Morgan fingerprint density at radius 2 is 1.88 bits per heavy atom. The van der Waals surface area contributed by atoms with Crippen molar-refractivity contribution in [3.8, 4) is 0 Å². The molecule has 1 aromatic heterocycles. The van der Waals surface area contributed by atoms with E-state index in [0.29, 0.717) is 33.7 Å². The fourth-order valence-electron chi connectivity index (χ4n) is 2.38. The number of aryl methyl sites for hydroxylation is 1. The second-order valence-corrected chi connectivity index (χ2v) is 7.30. The van der Waals surface area contributed by atoms with Gasteiger partial charge in [0.1, 0.15) is 0 Å². The molecule has 0 aliphatic carbocycles. The lowest BCUT2D eigenvalue weighted by molar-refractivity contribution is 0.102. The number of nitrogens with one attached hydrogen (secondary N) is 1. The summed E-state index contributed by atoms with van der Waals surface area (Å²) in [5.41, 5.74) is 1.31. The van der Waals surface area contributed by atoms with E-state index in [1.165, 1.54) is 11.8 Å². The lowest BCUT2D eigenvalue weighted by Crippen LogP contribution is -2.19. The second kappa shape index (κ2) is 8.58. The quantitative estimate of drug-likeness (QED) is 0.472. The maximum atomic E-state index is 12.3. The van der Waals surface area contributed by atoms with Crippen LogP contribution in [0.3, 0.4) is 0 Å². The predicted molar refractivity (Wildman–Crippen MR) is 105 cm³/mol. The van der Waals surface area contributed by atoms with Crippen molar-refractivity contribution >= 4 is 40.7 Å². The van der Waals surface area contributed by atoms with Gasteiger partial charge in [0.05, 0.1) is 15.8 Å². The number of benzene rings is 2. The van der Waals surface area contributed by atoms with Gasteiger partial charge in [-0.1, -0.05) is 65.3 Å². The van der Waals surface area contributed by atoms with Crippen molar-refractivity contribution < 1.29 is 4.79 Å². The number of ketones is 1. The summed E-state index contributed by atoms with van der Waals surface area (Å²) in [6, 6.07) is 14.6. The summed E-state index contributed by atoms with van der Waals surface area (Å²) in [6.45, 7) is 0.489. The van der Waals surface area contributed by atoms with Gasteiger partial charge in [-0.2, -0.15) is 0 Å². The van der Waals surface area contributed by atoms with Crippen molar-refractivity contribution in [1.29, 1.82) is 0 Å². The number of Topliss-reactive ketones (excluding diaryl/α,β-unsaturated/α-hetero) is 1. The molecular formula is C18H15Cl2N3O2S. The van der Waals surface area contributed by atoms with E-state index >= 15 is 0 Å². The smallest absolute Gasteiger partial charge is 0.293 e. The Balaban J connectivity index is 1.65. The summed E-state index contributed by atoms with van der Waals surface area (Å²) in [5.74, 6) is 0.0340. The summed E-state index contributed by atoms with van der Waals surface area (Å²) in [6.07, 6.45) is 0.703. The summed E-state index contributed by atoms with van der Waals surface area (Å²) in [5, 5.41) is 7.68. The number of carbonyl (C=O) groups excluding carboxylic acids is 1. The Labute approximate surface area is 164 Å². The minimum atomic E-state index is -0.287. The van der Waals surface area contributed by atoms with Crippen molar-refractivity contribution in [2.75, 3.05) is 5.75 Å². The highest BCUT2D eigenvalue weighted by atomic mass is 35.5. The summed E-state index contributed by atoms with van der Waals surface area (Å²) in [7, 11) is 0. The number of hydrogen-bond acceptors (Lipinski definition) is 4. The molecule has 3 rings (SSSR count). The third-order valence-electron chi connectivity index (χ3n) is 3.76. The van der Waals surface area contributed by atoms with Gasteiger partial charge in [0.2, 0.25) is 0 Å². The van der Waals surface area contributed by atoms with Crippen molar-refractivity contribution in [3.63, 3.8) is 0 Å². The number of thioether (sulfide) groups is 1. The third-order valence-corrected chi connectivity index (χ3v) is 5.48. The van der Waals surface area contributed by atoms with Gasteiger partial charge in [0.25, 0.3) is 0 Å². The van der Waals surface area contributed by atoms with Crippen LogP contribution in [0, 0.1) is 0 Å². The van der Waals surface area contributed by atoms with Gasteiger partial charge in [-0.05, 0) is 30.2 Å². The highest BCUT2D eigenvalue weighted by Crippen LogP contribution is 2.24. The Morgan fingerprint density at radius 1 is 1.12 bits per heavy atom. The molecule has 0 saturated carbocycles. The van der Waals surface area contributed by atoms with Crippen LogP contribution in [0.15, 0.2) is 58.5 Å². The van der Waals surface area contributed by atoms with Crippen LogP contribution < -0.4 is 5.69 Å². The monoisotopic (exact) mass is 407 g/mol. The van der Waals surface area contributed by atoms with Gasteiger partial charge in [-0.3, -0.25) is 9.36 Å². The highest BCUT2D eigenvalue weighted by Gasteiger charge is 2.13. The number of nitrogens with zero attached hydrogens (tertiary/aromatic N) is 2. The van der Waals surface area contributed by atoms with Gasteiger partial charge in [-0.25, -0.2) is 9.89 Å². The van der Waals surface area contributed by atoms with Crippen LogP contribution in [0.4, 0.5) is 0 Å². The predicted octanol–water partition coefficient (Wildman–Crippen LogP) is 4.10. The molecule has 0 atom stereocenters. The zero-order chi connectivity index (χ0) is 18.5. The molecule has 0 radical (unpaired) electrons. The van der Waals surface area contributed by atoms with E-state index in [-0.39, 0.29) is 17.2 Å². The standard InChI is InChI=1S/C18H15Cl2N3O2S/c19-14-7-6-13(10-15(14)20)16(24)11-26-18-22-21-17(25)23(18)9-8-12-4-2-1-3-5-12/h1-7,10H,8-9,11H2,(H,21,25). The molecule has 3 aromatic rings. The molecule has 5 nitrogen and oxygen atoms in total. The molecule has 26 heavy (non-hydrogen) atoms. The Hall–Kier alpha value is -2.02. The molecule has 0 amide bonds. The Bertz CT molecular complexity index is 970. The number of carbonyl (C=O) groups is 1. The molecule has 0 spiro atoms. The Morgan fingerprint density at radius 3 is 2.62 bits per heavy atom. The Kier molecular flexibility index (Phi) is 6.19. The summed E-state index contributed by atoms with van der Waals surface area (Å²) >= 11 is 13.0. The fraction of sp³-hybridized carbons (Fsp3) is 0.167. The molecule has 1 N–H and O–H groups in total. The zero-order valence-electron chi connectivity index (χ0n) is 13.6. The van der Waals surface area contributed by atoms with Crippen LogP contribution in [0.2, 0.25) is 10.0 Å². The zero-order valence-corrected chi connectivity index (χ0v) is 15.9. The van der Waals surface area contributed by atoms with Gasteiger partial charge >= 0.3 is 5.69 Å². The van der Waals surface area contributed by atoms with E-state index in [4.69, 9.17) is 23.2 Å². The minimum absolute atomic E-state index is 0.112. The number of H-pyrrole nitrogens is 1. The molecule has 0 fully saturated rings. The molecule has 0 aliphatic heterocycles. The van der Waals surface area contributed by atoms with Crippen molar-refractivity contribution in [1.82, 2.24) is 14.8 Å². The highest BCUT2D eigenvalue weighted by molar-refractivity contribution is 7.99. The second-order valence-electron chi connectivity index (χ2n) is 5.54. The summed E-state index contributed by atoms with van der Waals surface area (Å²) in [4.78, 5) is 24.3.